The predicted octanol–water partition coefficient (Wildman–Crippen LogP) is 5.73. The normalized spacial score (nSPS) is 10.9. The number of anilines is 2. The van der Waals surface area contributed by atoms with Crippen LogP contribution >= 0.6 is 0 Å². The molecule has 0 radical (unpaired) electrons. The number of esters is 1. The molecular formula is C29H30N2O4. The Morgan fingerprint density at radius 2 is 1.54 bits per heavy atom. The lowest BCUT2D eigenvalue weighted by Gasteiger charge is -2.21. The fraction of sp³-hybridized carbons (Fsp3) is 0.241. The smallest absolute Gasteiger partial charge is 0.344 e. The number of carbonyl (C=O) groups is 1. The lowest BCUT2D eigenvalue weighted by molar-refractivity contribution is 0.0474. The number of benzene rings is 3. The van der Waals surface area contributed by atoms with E-state index in [1.807, 2.05) is 67.5 Å². The third kappa shape index (κ3) is 5.06. The first-order valence-electron chi connectivity index (χ1n) is 11.8. The molecule has 3 aromatic carbocycles. The minimum absolute atomic E-state index is 0.0504. The van der Waals surface area contributed by atoms with E-state index >= 15 is 0 Å². The van der Waals surface area contributed by atoms with E-state index < -0.39 is 11.6 Å². The lowest BCUT2D eigenvalue weighted by Crippen LogP contribution is -2.21. The summed E-state index contributed by atoms with van der Waals surface area (Å²) in [5.74, 6) is -0.444. The van der Waals surface area contributed by atoms with E-state index in [1.54, 1.807) is 24.3 Å². The molecular weight excluding hydrogens is 440 g/mol. The molecule has 0 N–H and O–H groups in total. The van der Waals surface area contributed by atoms with Gasteiger partial charge in [0, 0.05) is 55.6 Å². The Balaban J connectivity index is 1.83. The van der Waals surface area contributed by atoms with Crippen molar-refractivity contribution in [3.05, 3.63) is 94.3 Å². The Morgan fingerprint density at radius 3 is 2.17 bits per heavy atom. The molecule has 0 saturated heterocycles. The molecule has 4 aromatic rings. The number of hydrogen-bond donors (Lipinski definition) is 0. The van der Waals surface area contributed by atoms with Crippen molar-refractivity contribution in [3.63, 3.8) is 0 Å². The third-order valence-electron chi connectivity index (χ3n) is 6.16. The summed E-state index contributed by atoms with van der Waals surface area (Å²) in [6.07, 6.45) is 0. The van der Waals surface area contributed by atoms with Crippen LogP contribution < -0.4 is 15.4 Å². The molecule has 6 nitrogen and oxygen atoms in total. The van der Waals surface area contributed by atoms with Gasteiger partial charge in [-0.3, -0.25) is 0 Å². The van der Waals surface area contributed by atoms with Crippen LogP contribution in [0.25, 0.3) is 22.1 Å². The van der Waals surface area contributed by atoms with Gasteiger partial charge in [0.2, 0.25) is 0 Å². The van der Waals surface area contributed by atoms with Gasteiger partial charge < -0.3 is 19.0 Å². The molecule has 4 rings (SSSR count). The van der Waals surface area contributed by atoms with Crippen molar-refractivity contribution in [2.24, 2.45) is 0 Å². The zero-order valence-corrected chi connectivity index (χ0v) is 20.6. The van der Waals surface area contributed by atoms with Crippen LogP contribution in [-0.4, -0.2) is 33.2 Å². The zero-order chi connectivity index (χ0) is 24.9. The van der Waals surface area contributed by atoms with Crippen LogP contribution in [0.5, 0.6) is 0 Å². The van der Waals surface area contributed by atoms with E-state index in [0.717, 1.165) is 29.9 Å². The summed E-state index contributed by atoms with van der Waals surface area (Å²) < 4.78 is 11.5. The molecule has 35 heavy (non-hydrogen) atoms. The molecule has 0 amide bonds. The van der Waals surface area contributed by atoms with E-state index in [9.17, 15) is 9.59 Å². The highest BCUT2D eigenvalue weighted by Gasteiger charge is 2.19. The van der Waals surface area contributed by atoms with Crippen molar-refractivity contribution >= 4 is 28.3 Å². The van der Waals surface area contributed by atoms with Gasteiger partial charge in [-0.25, -0.2) is 9.59 Å². The van der Waals surface area contributed by atoms with Gasteiger partial charge >= 0.3 is 11.6 Å². The van der Waals surface area contributed by atoms with Crippen molar-refractivity contribution in [3.8, 4) is 11.1 Å². The topological polar surface area (TPSA) is 63.0 Å². The summed E-state index contributed by atoms with van der Waals surface area (Å²) >= 11 is 0. The summed E-state index contributed by atoms with van der Waals surface area (Å²) in [5.41, 5.74) is 4.20. The van der Waals surface area contributed by atoms with Gasteiger partial charge in [0.05, 0.1) is 11.1 Å². The van der Waals surface area contributed by atoms with Gasteiger partial charge in [-0.05, 0) is 55.8 Å². The second-order valence-corrected chi connectivity index (χ2v) is 8.48. The molecule has 0 saturated carbocycles. The molecule has 0 unspecified atom stereocenters. The Hall–Kier alpha value is -4.06. The Kier molecular flexibility index (Phi) is 7.20. The summed E-state index contributed by atoms with van der Waals surface area (Å²) in [7, 11) is 3.92. The van der Waals surface area contributed by atoms with Crippen molar-refractivity contribution in [2.45, 2.75) is 20.5 Å². The number of fused-ring (bicyclic) bond motifs is 1. The van der Waals surface area contributed by atoms with Crippen LogP contribution in [0.4, 0.5) is 11.4 Å². The molecule has 0 spiro atoms. The first-order valence-corrected chi connectivity index (χ1v) is 11.8. The molecule has 1 aromatic heterocycles. The van der Waals surface area contributed by atoms with Gasteiger partial charge in [-0.1, -0.05) is 30.3 Å². The van der Waals surface area contributed by atoms with Crippen molar-refractivity contribution in [1.82, 2.24) is 0 Å². The quantitative estimate of drug-likeness (QED) is 0.242. The minimum atomic E-state index is -0.461. The number of hydrogen-bond acceptors (Lipinski definition) is 6. The van der Waals surface area contributed by atoms with Gasteiger partial charge in [-0.15, -0.1) is 0 Å². The first-order chi connectivity index (χ1) is 16.9. The molecule has 0 aliphatic rings. The van der Waals surface area contributed by atoms with Crippen LogP contribution in [-0.2, 0) is 11.3 Å². The maximum Gasteiger partial charge on any atom is 0.344 e. The average molecular weight is 471 g/mol. The lowest BCUT2D eigenvalue weighted by atomic mass is 9.98. The molecule has 6 heteroatoms. The van der Waals surface area contributed by atoms with E-state index in [0.29, 0.717) is 27.8 Å². The van der Waals surface area contributed by atoms with Crippen LogP contribution in [0.3, 0.4) is 0 Å². The highest BCUT2D eigenvalue weighted by molar-refractivity contribution is 5.91. The molecule has 0 fully saturated rings. The highest BCUT2D eigenvalue weighted by atomic mass is 16.5. The Morgan fingerprint density at radius 1 is 0.886 bits per heavy atom. The number of ether oxygens (including phenoxy) is 1. The second-order valence-electron chi connectivity index (χ2n) is 8.48. The number of rotatable bonds is 8. The van der Waals surface area contributed by atoms with E-state index in [4.69, 9.17) is 9.15 Å². The molecule has 1 heterocycles. The first kappa shape index (κ1) is 24.1. The Bertz CT molecular complexity index is 1370. The molecule has 0 aliphatic carbocycles. The molecule has 180 valence electrons. The Labute approximate surface area is 205 Å². The summed E-state index contributed by atoms with van der Waals surface area (Å²) in [5, 5.41) is 0.744. The van der Waals surface area contributed by atoms with Crippen LogP contribution in [0.2, 0.25) is 0 Å². The molecule has 0 aliphatic heterocycles. The maximum atomic E-state index is 13.3. The standard InChI is InChI=1S/C29H30N2O4/c1-5-31(6-2)23-16-17-24-25(19-34-28(32)21-10-8-7-9-11-21)27(29(33)35-26(24)18-23)20-12-14-22(15-13-20)30(3)4/h7-18H,5-6,19H2,1-4H3. The van der Waals surface area contributed by atoms with Gasteiger partial charge in [0.1, 0.15) is 12.2 Å². The van der Waals surface area contributed by atoms with Crippen molar-refractivity contribution in [1.29, 1.82) is 0 Å². The van der Waals surface area contributed by atoms with Crippen LogP contribution in [0.15, 0.2) is 82.0 Å². The van der Waals surface area contributed by atoms with Gasteiger partial charge in [0.25, 0.3) is 0 Å². The van der Waals surface area contributed by atoms with Crippen LogP contribution in [0, 0.1) is 0 Å². The number of nitrogens with zero attached hydrogens (tertiary/aromatic N) is 2. The fourth-order valence-electron chi connectivity index (χ4n) is 4.20. The second kappa shape index (κ2) is 10.5. The van der Waals surface area contributed by atoms with Crippen molar-refractivity contribution in [2.75, 3.05) is 37.0 Å². The highest BCUT2D eigenvalue weighted by Crippen LogP contribution is 2.31. The van der Waals surface area contributed by atoms with Crippen molar-refractivity contribution < 1.29 is 13.9 Å². The summed E-state index contributed by atoms with van der Waals surface area (Å²) in [6.45, 7) is 5.79. The molecule has 0 bridgehead atoms. The monoisotopic (exact) mass is 470 g/mol. The maximum absolute atomic E-state index is 13.3. The summed E-state index contributed by atoms with van der Waals surface area (Å²) in [4.78, 5) is 30.1. The molecule has 0 atom stereocenters. The number of carbonyl (C=O) groups excluding carboxylic acids is 1. The van der Waals surface area contributed by atoms with Crippen LogP contribution in [0.1, 0.15) is 29.8 Å². The fourth-order valence-corrected chi connectivity index (χ4v) is 4.20. The van der Waals surface area contributed by atoms with E-state index in [-0.39, 0.29) is 6.61 Å². The largest absolute Gasteiger partial charge is 0.457 e. The third-order valence-corrected chi connectivity index (χ3v) is 6.16. The average Bonchev–Trinajstić information content (AvgIpc) is 2.88. The zero-order valence-electron chi connectivity index (χ0n) is 20.6. The van der Waals surface area contributed by atoms with E-state index in [2.05, 4.69) is 18.7 Å². The van der Waals surface area contributed by atoms with E-state index in [1.165, 1.54) is 0 Å². The van der Waals surface area contributed by atoms with Gasteiger partial charge in [-0.2, -0.15) is 0 Å². The summed E-state index contributed by atoms with van der Waals surface area (Å²) in [6, 6.07) is 22.3. The van der Waals surface area contributed by atoms with Gasteiger partial charge in [0.15, 0.2) is 0 Å². The SMILES string of the molecule is CCN(CC)c1ccc2c(COC(=O)c3ccccc3)c(-c3ccc(N(C)C)cc3)c(=O)oc2c1. The minimum Gasteiger partial charge on any atom is -0.457 e. The predicted molar refractivity (Wildman–Crippen MR) is 141 cm³/mol.